The standard InChI is InChI=1S/C11H13N5O4S/c1-7-9(6-15(2)13-7)14-21(19,20)11-4-3-8(12)5-10(11)16(17)18/h3-6,14H,12H2,1-2H3. The van der Waals surface area contributed by atoms with Gasteiger partial charge < -0.3 is 5.73 Å². The maximum Gasteiger partial charge on any atom is 0.291 e. The second-order valence-electron chi connectivity index (χ2n) is 4.39. The Hall–Kier alpha value is -2.62. The lowest BCUT2D eigenvalue weighted by Gasteiger charge is -2.07. The zero-order valence-electron chi connectivity index (χ0n) is 11.3. The van der Waals surface area contributed by atoms with Crippen LogP contribution >= 0.6 is 0 Å². The van der Waals surface area contributed by atoms with Gasteiger partial charge >= 0.3 is 0 Å². The van der Waals surface area contributed by atoms with E-state index in [1.165, 1.54) is 16.9 Å². The average Bonchev–Trinajstić information content (AvgIpc) is 2.66. The van der Waals surface area contributed by atoms with E-state index in [1.54, 1.807) is 14.0 Å². The van der Waals surface area contributed by atoms with E-state index in [1.807, 2.05) is 0 Å². The highest BCUT2D eigenvalue weighted by Crippen LogP contribution is 2.28. The first-order valence-electron chi connectivity index (χ1n) is 5.77. The summed E-state index contributed by atoms with van der Waals surface area (Å²) in [6.45, 7) is 1.62. The molecule has 0 radical (unpaired) electrons. The number of nitro groups is 1. The van der Waals surface area contributed by atoms with Crippen molar-refractivity contribution in [2.45, 2.75) is 11.8 Å². The number of rotatable bonds is 4. The smallest absolute Gasteiger partial charge is 0.291 e. The van der Waals surface area contributed by atoms with Crippen LogP contribution in [0.3, 0.4) is 0 Å². The minimum Gasteiger partial charge on any atom is -0.399 e. The highest BCUT2D eigenvalue weighted by Gasteiger charge is 2.26. The molecule has 0 spiro atoms. The lowest BCUT2D eigenvalue weighted by atomic mass is 10.3. The summed E-state index contributed by atoms with van der Waals surface area (Å²) in [4.78, 5) is 9.74. The monoisotopic (exact) mass is 311 g/mol. The van der Waals surface area contributed by atoms with Crippen LogP contribution in [-0.2, 0) is 17.1 Å². The van der Waals surface area contributed by atoms with Gasteiger partial charge in [-0.3, -0.25) is 19.5 Å². The molecule has 0 aliphatic rings. The van der Waals surface area contributed by atoms with Gasteiger partial charge in [0, 0.05) is 25.0 Å². The summed E-state index contributed by atoms with van der Waals surface area (Å²) in [6.07, 6.45) is 1.47. The van der Waals surface area contributed by atoms with Gasteiger partial charge in [0.05, 0.1) is 16.3 Å². The quantitative estimate of drug-likeness (QED) is 0.492. The van der Waals surface area contributed by atoms with Crippen molar-refractivity contribution in [1.29, 1.82) is 0 Å². The zero-order valence-corrected chi connectivity index (χ0v) is 12.1. The molecule has 0 unspecified atom stereocenters. The van der Waals surface area contributed by atoms with Gasteiger partial charge in [0.2, 0.25) is 0 Å². The molecule has 1 aromatic heterocycles. The first kappa shape index (κ1) is 14.8. The first-order chi connectivity index (χ1) is 9.70. The van der Waals surface area contributed by atoms with Gasteiger partial charge in [-0.05, 0) is 19.1 Å². The van der Waals surface area contributed by atoms with E-state index in [4.69, 9.17) is 5.73 Å². The second kappa shape index (κ2) is 5.05. The van der Waals surface area contributed by atoms with E-state index in [9.17, 15) is 18.5 Å². The Labute approximate surface area is 120 Å². The SMILES string of the molecule is Cc1nn(C)cc1NS(=O)(=O)c1ccc(N)cc1[N+](=O)[O-]. The van der Waals surface area contributed by atoms with Crippen molar-refractivity contribution in [3.05, 3.63) is 40.2 Å². The molecule has 0 aliphatic carbocycles. The van der Waals surface area contributed by atoms with Crippen LogP contribution in [0.4, 0.5) is 17.1 Å². The van der Waals surface area contributed by atoms with E-state index in [-0.39, 0.29) is 11.4 Å². The van der Waals surface area contributed by atoms with Crippen LogP contribution in [0, 0.1) is 17.0 Å². The summed E-state index contributed by atoms with van der Waals surface area (Å²) < 4.78 is 28.3. The molecule has 0 aliphatic heterocycles. The van der Waals surface area contributed by atoms with E-state index in [0.717, 1.165) is 12.1 Å². The normalized spacial score (nSPS) is 11.3. The van der Waals surface area contributed by atoms with Gasteiger partial charge in [-0.1, -0.05) is 0 Å². The predicted molar refractivity (Wildman–Crippen MR) is 76.3 cm³/mol. The fourth-order valence-electron chi connectivity index (χ4n) is 1.80. The lowest BCUT2D eigenvalue weighted by Crippen LogP contribution is -2.15. The summed E-state index contributed by atoms with van der Waals surface area (Å²) in [7, 11) is -2.48. The maximum atomic E-state index is 12.3. The Morgan fingerprint density at radius 3 is 2.62 bits per heavy atom. The van der Waals surface area contributed by atoms with E-state index < -0.39 is 25.5 Å². The zero-order chi connectivity index (χ0) is 15.8. The summed E-state index contributed by atoms with van der Waals surface area (Å²) in [5.74, 6) is 0. The van der Waals surface area contributed by atoms with E-state index in [2.05, 4.69) is 9.82 Å². The summed E-state index contributed by atoms with van der Waals surface area (Å²) in [5.41, 5.74) is 5.70. The molecular formula is C11H13N5O4S. The molecule has 1 heterocycles. The van der Waals surface area contributed by atoms with Crippen LogP contribution in [0.5, 0.6) is 0 Å². The largest absolute Gasteiger partial charge is 0.399 e. The minimum absolute atomic E-state index is 0.109. The Morgan fingerprint density at radius 2 is 2.10 bits per heavy atom. The molecule has 2 rings (SSSR count). The van der Waals surface area contributed by atoms with Gasteiger partial charge in [0.15, 0.2) is 4.90 Å². The van der Waals surface area contributed by atoms with Crippen LogP contribution in [0.2, 0.25) is 0 Å². The molecule has 0 saturated carbocycles. The number of nitrogens with zero attached hydrogens (tertiary/aromatic N) is 3. The molecule has 9 nitrogen and oxygen atoms in total. The Kier molecular flexibility index (Phi) is 3.56. The number of nitro benzene ring substituents is 1. The number of aryl methyl sites for hydroxylation is 2. The third-order valence-corrected chi connectivity index (χ3v) is 4.14. The van der Waals surface area contributed by atoms with Crippen LogP contribution in [0.25, 0.3) is 0 Å². The highest BCUT2D eigenvalue weighted by molar-refractivity contribution is 7.92. The number of anilines is 2. The molecule has 0 amide bonds. The molecule has 0 fully saturated rings. The molecule has 2 aromatic rings. The molecule has 0 saturated heterocycles. The van der Waals surface area contributed by atoms with Crippen molar-refractivity contribution in [2.24, 2.45) is 7.05 Å². The topological polar surface area (TPSA) is 133 Å². The van der Waals surface area contributed by atoms with Crippen molar-refractivity contribution in [3.63, 3.8) is 0 Å². The lowest BCUT2D eigenvalue weighted by molar-refractivity contribution is -0.387. The number of sulfonamides is 1. The van der Waals surface area contributed by atoms with E-state index >= 15 is 0 Å². The van der Waals surface area contributed by atoms with Crippen molar-refractivity contribution in [1.82, 2.24) is 9.78 Å². The van der Waals surface area contributed by atoms with Gasteiger partial charge in [-0.2, -0.15) is 5.10 Å². The molecule has 0 atom stereocenters. The van der Waals surface area contributed by atoms with Gasteiger partial charge in [0.25, 0.3) is 15.7 Å². The predicted octanol–water partition coefficient (Wildman–Crippen LogP) is 1.02. The number of nitrogen functional groups attached to an aromatic ring is 1. The average molecular weight is 311 g/mol. The number of nitrogens with one attached hydrogen (secondary N) is 1. The van der Waals surface area contributed by atoms with Crippen molar-refractivity contribution >= 4 is 27.1 Å². The number of aromatic nitrogens is 2. The molecule has 10 heteroatoms. The van der Waals surface area contributed by atoms with Gasteiger partial charge in [-0.15, -0.1) is 0 Å². The molecule has 1 aromatic carbocycles. The summed E-state index contributed by atoms with van der Waals surface area (Å²) in [6, 6.07) is 3.39. The number of hydrogen-bond donors (Lipinski definition) is 2. The summed E-state index contributed by atoms with van der Waals surface area (Å²) in [5, 5.41) is 15.0. The second-order valence-corrected chi connectivity index (χ2v) is 6.04. The Balaban J connectivity index is 2.50. The van der Waals surface area contributed by atoms with Crippen molar-refractivity contribution in [3.8, 4) is 0 Å². The van der Waals surface area contributed by atoms with Crippen molar-refractivity contribution < 1.29 is 13.3 Å². The molecule has 21 heavy (non-hydrogen) atoms. The fourth-order valence-corrected chi connectivity index (χ4v) is 3.06. The van der Waals surface area contributed by atoms with Gasteiger partial charge in [0.1, 0.15) is 0 Å². The molecule has 3 N–H and O–H groups in total. The first-order valence-corrected chi connectivity index (χ1v) is 7.26. The fraction of sp³-hybridized carbons (Fsp3) is 0.182. The van der Waals surface area contributed by atoms with Crippen LogP contribution in [0.15, 0.2) is 29.3 Å². The number of nitrogens with two attached hydrogens (primary N) is 1. The van der Waals surface area contributed by atoms with Crippen LogP contribution < -0.4 is 10.5 Å². The van der Waals surface area contributed by atoms with Crippen LogP contribution in [0.1, 0.15) is 5.69 Å². The highest BCUT2D eigenvalue weighted by atomic mass is 32.2. The maximum absolute atomic E-state index is 12.3. The Morgan fingerprint density at radius 1 is 1.43 bits per heavy atom. The molecule has 112 valence electrons. The third kappa shape index (κ3) is 2.94. The van der Waals surface area contributed by atoms with Gasteiger partial charge in [-0.25, -0.2) is 8.42 Å². The van der Waals surface area contributed by atoms with E-state index in [0.29, 0.717) is 5.69 Å². The van der Waals surface area contributed by atoms with Crippen molar-refractivity contribution in [2.75, 3.05) is 10.5 Å². The molecule has 0 bridgehead atoms. The number of benzene rings is 1. The van der Waals surface area contributed by atoms with Crippen LogP contribution in [-0.4, -0.2) is 23.1 Å². The molecular weight excluding hydrogens is 298 g/mol. The summed E-state index contributed by atoms with van der Waals surface area (Å²) >= 11 is 0. The Bertz CT molecular complexity index is 812. The minimum atomic E-state index is -4.12. The third-order valence-electron chi connectivity index (χ3n) is 2.73. The number of hydrogen-bond acceptors (Lipinski definition) is 6.